The van der Waals surface area contributed by atoms with Crippen LogP contribution in [0.15, 0.2) is 35.3 Å². The van der Waals surface area contributed by atoms with Crippen LogP contribution < -0.4 is 0 Å². The summed E-state index contributed by atoms with van der Waals surface area (Å²) in [6.07, 6.45) is 11.8. The number of carbonyl (C=O) groups excluding carboxylic acids is 1. The summed E-state index contributed by atoms with van der Waals surface area (Å²) in [5.74, 6) is 2.17. The van der Waals surface area contributed by atoms with Gasteiger partial charge in [0, 0.05) is 31.5 Å². The molecule has 1 unspecified atom stereocenters. The number of methoxy groups -OCH3 is 2. The van der Waals surface area contributed by atoms with Gasteiger partial charge in [0.05, 0.1) is 26.9 Å². The summed E-state index contributed by atoms with van der Waals surface area (Å²) in [4.78, 5) is 14.7. The zero-order valence-corrected chi connectivity index (χ0v) is 17.3. The Morgan fingerprint density at radius 2 is 1.93 bits per heavy atom. The molecule has 0 aromatic carbocycles. The number of amides is 1. The van der Waals surface area contributed by atoms with E-state index in [4.69, 9.17) is 14.2 Å². The lowest BCUT2D eigenvalue weighted by molar-refractivity contribution is -0.138. The SMILES string of the molecule is CCCC(CC)C(=O)N1CCC(OCC2=CCC(OC)=CC(OC)=C2)CC1. The van der Waals surface area contributed by atoms with Crippen molar-refractivity contribution in [1.82, 2.24) is 4.90 Å². The summed E-state index contributed by atoms with van der Waals surface area (Å²) in [6.45, 7) is 6.42. The van der Waals surface area contributed by atoms with Gasteiger partial charge in [0.2, 0.25) is 5.91 Å². The maximum absolute atomic E-state index is 12.6. The van der Waals surface area contributed by atoms with Crippen molar-refractivity contribution >= 4 is 5.91 Å². The van der Waals surface area contributed by atoms with Crippen LogP contribution in [0.25, 0.3) is 0 Å². The zero-order valence-electron chi connectivity index (χ0n) is 17.3. The molecule has 0 radical (unpaired) electrons. The van der Waals surface area contributed by atoms with Crippen molar-refractivity contribution in [3.05, 3.63) is 35.3 Å². The number of nitrogens with zero attached hydrogens (tertiary/aromatic N) is 1. The van der Waals surface area contributed by atoms with Gasteiger partial charge in [-0.1, -0.05) is 26.3 Å². The highest BCUT2D eigenvalue weighted by atomic mass is 16.5. The molecule has 0 saturated carbocycles. The minimum Gasteiger partial charge on any atom is -0.501 e. The second kappa shape index (κ2) is 11.2. The van der Waals surface area contributed by atoms with Crippen LogP contribution in [0.3, 0.4) is 0 Å². The lowest BCUT2D eigenvalue weighted by Crippen LogP contribution is -2.43. The average molecular weight is 378 g/mol. The Hall–Kier alpha value is -1.75. The predicted octanol–water partition coefficient (Wildman–Crippen LogP) is 4.21. The maximum Gasteiger partial charge on any atom is 0.225 e. The number of rotatable bonds is 9. The topological polar surface area (TPSA) is 48.0 Å². The molecule has 0 aromatic heterocycles. The summed E-state index contributed by atoms with van der Waals surface area (Å²) in [7, 11) is 3.33. The number of ether oxygens (including phenoxy) is 3. The fourth-order valence-corrected chi connectivity index (χ4v) is 3.66. The first-order valence-electron chi connectivity index (χ1n) is 10.2. The van der Waals surface area contributed by atoms with Crippen molar-refractivity contribution < 1.29 is 19.0 Å². The third-order valence-electron chi connectivity index (χ3n) is 5.41. The van der Waals surface area contributed by atoms with Gasteiger partial charge in [0.25, 0.3) is 0 Å². The fourth-order valence-electron chi connectivity index (χ4n) is 3.66. The van der Waals surface area contributed by atoms with E-state index in [9.17, 15) is 4.79 Å². The monoisotopic (exact) mass is 377 g/mol. The van der Waals surface area contributed by atoms with Crippen molar-refractivity contribution in [3.63, 3.8) is 0 Å². The summed E-state index contributed by atoms with van der Waals surface area (Å²) < 4.78 is 16.9. The molecule has 1 atom stereocenters. The molecular weight excluding hydrogens is 342 g/mol. The van der Waals surface area contributed by atoms with Gasteiger partial charge in [-0.15, -0.1) is 0 Å². The van der Waals surface area contributed by atoms with E-state index >= 15 is 0 Å². The minimum atomic E-state index is 0.184. The minimum absolute atomic E-state index is 0.184. The Labute approximate surface area is 164 Å². The van der Waals surface area contributed by atoms with Crippen LogP contribution in [-0.2, 0) is 19.0 Å². The number of carbonyl (C=O) groups is 1. The van der Waals surface area contributed by atoms with Gasteiger partial charge in [-0.2, -0.15) is 0 Å². The van der Waals surface area contributed by atoms with Crippen molar-refractivity contribution in [2.75, 3.05) is 33.9 Å². The first-order valence-corrected chi connectivity index (χ1v) is 10.2. The van der Waals surface area contributed by atoms with Crippen molar-refractivity contribution in [2.45, 2.75) is 58.5 Å². The molecule has 1 heterocycles. The quantitative estimate of drug-likeness (QED) is 0.604. The molecular formula is C22H35NO4. The van der Waals surface area contributed by atoms with E-state index < -0.39 is 0 Å². The summed E-state index contributed by atoms with van der Waals surface area (Å²) >= 11 is 0. The van der Waals surface area contributed by atoms with Gasteiger partial charge < -0.3 is 19.1 Å². The van der Waals surface area contributed by atoms with E-state index in [0.717, 1.165) is 68.7 Å². The number of allylic oxidation sites excluding steroid dienone is 2. The molecule has 1 saturated heterocycles. The molecule has 2 rings (SSSR count). The second-order valence-corrected chi connectivity index (χ2v) is 7.28. The van der Waals surface area contributed by atoms with Gasteiger partial charge >= 0.3 is 0 Å². The number of likely N-dealkylation sites (tertiary alicyclic amines) is 1. The van der Waals surface area contributed by atoms with Crippen LogP contribution in [0.2, 0.25) is 0 Å². The third kappa shape index (κ3) is 6.42. The second-order valence-electron chi connectivity index (χ2n) is 7.28. The van der Waals surface area contributed by atoms with Gasteiger partial charge in [-0.05, 0) is 37.3 Å². The fraction of sp³-hybridized carbons (Fsp3) is 0.682. The first kappa shape index (κ1) is 21.5. The predicted molar refractivity (Wildman–Crippen MR) is 107 cm³/mol. The molecule has 27 heavy (non-hydrogen) atoms. The van der Waals surface area contributed by atoms with Crippen LogP contribution in [0.1, 0.15) is 52.4 Å². The van der Waals surface area contributed by atoms with Gasteiger partial charge in [0.15, 0.2) is 0 Å². The van der Waals surface area contributed by atoms with E-state index in [1.807, 2.05) is 17.1 Å². The Kier molecular flexibility index (Phi) is 8.92. The summed E-state index contributed by atoms with van der Waals surface area (Å²) in [5.41, 5.74) is 1.10. The molecule has 1 fully saturated rings. The normalized spacial score (nSPS) is 19.6. The molecule has 152 valence electrons. The largest absolute Gasteiger partial charge is 0.501 e. The van der Waals surface area contributed by atoms with E-state index in [1.165, 1.54) is 0 Å². The molecule has 0 bridgehead atoms. The smallest absolute Gasteiger partial charge is 0.225 e. The van der Waals surface area contributed by atoms with Crippen molar-refractivity contribution in [2.24, 2.45) is 5.92 Å². The average Bonchev–Trinajstić information content (AvgIpc) is 2.92. The van der Waals surface area contributed by atoms with Crippen LogP contribution in [0.4, 0.5) is 0 Å². The summed E-state index contributed by atoms with van der Waals surface area (Å²) in [6, 6.07) is 0. The van der Waals surface area contributed by atoms with E-state index in [1.54, 1.807) is 14.2 Å². The number of piperidine rings is 1. The molecule has 1 aliphatic heterocycles. The standard InChI is InChI=1S/C22H35NO4/c1-5-7-18(6-2)22(24)23-12-10-19(11-13-23)27-16-17-8-9-20(25-3)15-21(14-17)26-4/h8,14-15,18-19H,5-7,9-13,16H2,1-4H3. The van der Waals surface area contributed by atoms with Crippen LogP contribution in [-0.4, -0.2) is 50.8 Å². The van der Waals surface area contributed by atoms with Crippen LogP contribution in [0.5, 0.6) is 0 Å². The number of hydrogen-bond acceptors (Lipinski definition) is 4. The molecule has 5 heteroatoms. The molecule has 1 amide bonds. The summed E-state index contributed by atoms with van der Waals surface area (Å²) in [5, 5.41) is 0. The van der Waals surface area contributed by atoms with Gasteiger partial charge in [-0.25, -0.2) is 0 Å². The molecule has 2 aliphatic rings. The first-order chi connectivity index (χ1) is 13.1. The molecule has 0 aromatic rings. The Balaban J connectivity index is 1.81. The molecule has 1 aliphatic carbocycles. The Bertz CT molecular complexity index is 571. The van der Waals surface area contributed by atoms with Crippen molar-refractivity contribution in [1.29, 1.82) is 0 Å². The maximum atomic E-state index is 12.6. The third-order valence-corrected chi connectivity index (χ3v) is 5.41. The highest BCUT2D eigenvalue weighted by Gasteiger charge is 2.27. The Morgan fingerprint density at radius 1 is 1.19 bits per heavy atom. The van der Waals surface area contributed by atoms with E-state index in [0.29, 0.717) is 12.5 Å². The number of hydrogen-bond donors (Lipinski definition) is 0. The zero-order chi connectivity index (χ0) is 19.6. The lowest BCUT2D eigenvalue weighted by atomic mass is 9.97. The van der Waals surface area contributed by atoms with E-state index in [2.05, 4.69) is 19.9 Å². The molecule has 0 spiro atoms. The highest BCUT2D eigenvalue weighted by Crippen LogP contribution is 2.22. The highest BCUT2D eigenvalue weighted by molar-refractivity contribution is 5.78. The Morgan fingerprint density at radius 3 is 2.52 bits per heavy atom. The molecule has 5 nitrogen and oxygen atoms in total. The van der Waals surface area contributed by atoms with Gasteiger partial charge in [0.1, 0.15) is 11.5 Å². The van der Waals surface area contributed by atoms with Crippen molar-refractivity contribution in [3.8, 4) is 0 Å². The van der Waals surface area contributed by atoms with Crippen LogP contribution in [0, 0.1) is 5.92 Å². The van der Waals surface area contributed by atoms with E-state index in [-0.39, 0.29) is 12.0 Å². The lowest BCUT2D eigenvalue weighted by Gasteiger charge is -2.34. The molecule has 0 N–H and O–H groups in total. The van der Waals surface area contributed by atoms with Gasteiger partial charge in [-0.3, -0.25) is 4.79 Å². The van der Waals surface area contributed by atoms with Crippen LogP contribution >= 0.6 is 0 Å².